The van der Waals surface area contributed by atoms with Crippen LogP contribution in [0.1, 0.15) is 33.6 Å². The van der Waals surface area contributed by atoms with Gasteiger partial charge < -0.3 is 14.6 Å². The van der Waals surface area contributed by atoms with Crippen molar-refractivity contribution in [1.82, 2.24) is 10.2 Å². The third-order valence-corrected chi connectivity index (χ3v) is 5.52. The molecule has 1 aliphatic rings. The van der Waals surface area contributed by atoms with E-state index >= 15 is 0 Å². The molecule has 1 saturated heterocycles. The highest BCUT2D eigenvalue weighted by Gasteiger charge is 2.25. The van der Waals surface area contributed by atoms with E-state index in [1.54, 1.807) is 23.1 Å². The first-order valence-corrected chi connectivity index (χ1v) is 10.2. The third kappa shape index (κ3) is 4.13. The number of furan rings is 1. The van der Waals surface area contributed by atoms with Crippen molar-refractivity contribution in [2.45, 2.75) is 23.8 Å². The van der Waals surface area contributed by atoms with Gasteiger partial charge in [0.25, 0.3) is 11.8 Å². The van der Waals surface area contributed by atoms with Gasteiger partial charge in [0.05, 0.1) is 16.7 Å². The maximum atomic E-state index is 12.4. The topological polar surface area (TPSA) is 96.7 Å². The minimum Gasteiger partial charge on any atom is -0.472 e. The molecule has 1 aromatic carbocycles. The van der Waals surface area contributed by atoms with Crippen molar-refractivity contribution in [3.63, 3.8) is 0 Å². The first kappa shape index (κ1) is 18.2. The number of nitrogens with zero attached hydrogens (tertiary/aromatic N) is 1. The fraction of sp³-hybridized carbons (Fsp3) is 0.333. The van der Waals surface area contributed by atoms with Crippen molar-refractivity contribution in [3.8, 4) is 0 Å². The zero-order valence-electron chi connectivity index (χ0n) is 14.3. The normalized spacial score (nSPS) is 15.7. The largest absolute Gasteiger partial charge is 0.472 e. The number of carbonyl (C=O) groups is 2. The van der Waals surface area contributed by atoms with Gasteiger partial charge in [-0.3, -0.25) is 9.59 Å². The van der Waals surface area contributed by atoms with E-state index in [2.05, 4.69) is 5.32 Å². The predicted molar refractivity (Wildman–Crippen MR) is 94.7 cm³/mol. The van der Waals surface area contributed by atoms with Gasteiger partial charge in [0.15, 0.2) is 9.84 Å². The van der Waals surface area contributed by atoms with E-state index in [1.165, 1.54) is 24.7 Å². The average Bonchev–Trinajstić information content (AvgIpc) is 3.16. The molecule has 1 N–H and O–H groups in total. The highest BCUT2D eigenvalue weighted by molar-refractivity contribution is 7.90. The van der Waals surface area contributed by atoms with Crippen LogP contribution < -0.4 is 5.32 Å². The fourth-order valence-electron chi connectivity index (χ4n) is 2.93. The van der Waals surface area contributed by atoms with E-state index in [0.29, 0.717) is 37.1 Å². The Labute approximate surface area is 151 Å². The van der Waals surface area contributed by atoms with Gasteiger partial charge >= 0.3 is 0 Å². The number of rotatable bonds is 4. The van der Waals surface area contributed by atoms with E-state index in [1.807, 2.05) is 0 Å². The molecule has 1 aliphatic heterocycles. The summed E-state index contributed by atoms with van der Waals surface area (Å²) < 4.78 is 28.2. The van der Waals surface area contributed by atoms with Crippen LogP contribution in [0.15, 0.2) is 52.2 Å². The second kappa shape index (κ2) is 7.33. The molecule has 0 saturated carbocycles. The average molecular weight is 376 g/mol. The van der Waals surface area contributed by atoms with Crippen molar-refractivity contribution in [2.75, 3.05) is 19.3 Å². The molecule has 0 aliphatic carbocycles. The maximum Gasteiger partial charge on any atom is 0.257 e. The van der Waals surface area contributed by atoms with Crippen molar-refractivity contribution in [3.05, 3.63) is 54.0 Å². The first-order chi connectivity index (χ1) is 12.3. The summed E-state index contributed by atoms with van der Waals surface area (Å²) in [4.78, 5) is 26.5. The van der Waals surface area contributed by atoms with Gasteiger partial charge in [-0.25, -0.2) is 8.42 Å². The molecule has 0 radical (unpaired) electrons. The summed E-state index contributed by atoms with van der Waals surface area (Å²) in [7, 11) is -3.36. The molecule has 8 heteroatoms. The van der Waals surface area contributed by atoms with Gasteiger partial charge in [0.1, 0.15) is 6.26 Å². The number of piperidine rings is 1. The second-order valence-corrected chi connectivity index (χ2v) is 8.37. The first-order valence-electron chi connectivity index (χ1n) is 8.27. The standard InChI is InChI=1S/C18H20N2O5S/c1-26(23,24)16-4-2-3-13(11-16)17(21)19-15-5-8-20(9-6-15)18(22)14-7-10-25-12-14/h2-4,7,10-12,15H,5-6,8-9H2,1H3,(H,19,21). The van der Waals surface area contributed by atoms with Gasteiger partial charge in [-0.15, -0.1) is 0 Å². The number of carbonyl (C=O) groups excluding carboxylic acids is 2. The Balaban J connectivity index is 1.58. The summed E-state index contributed by atoms with van der Waals surface area (Å²) in [5.74, 6) is -0.389. The van der Waals surface area contributed by atoms with Gasteiger partial charge in [-0.2, -0.15) is 0 Å². The molecule has 3 rings (SSSR count). The van der Waals surface area contributed by atoms with Gasteiger partial charge in [-0.05, 0) is 37.1 Å². The molecule has 26 heavy (non-hydrogen) atoms. The lowest BCUT2D eigenvalue weighted by atomic mass is 10.0. The quantitative estimate of drug-likeness (QED) is 0.876. The number of amides is 2. The number of nitrogens with one attached hydrogen (secondary N) is 1. The summed E-state index contributed by atoms with van der Waals surface area (Å²) >= 11 is 0. The Bertz CT molecular complexity index is 897. The minimum atomic E-state index is -3.36. The third-order valence-electron chi connectivity index (χ3n) is 4.41. The molecule has 2 heterocycles. The SMILES string of the molecule is CS(=O)(=O)c1cccc(C(=O)NC2CCN(C(=O)c3ccoc3)CC2)c1. The van der Waals surface area contributed by atoms with Gasteiger partial charge in [-0.1, -0.05) is 6.07 Å². The molecule has 2 amide bonds. The smallest absolute Gasteiger partial charge is 0.257 e. The van der Waals surface area contributed by atoms with E-state index in [0.717, 1.165) is 6.26 Å². The lowest BCUT2D eigenvalue weighted by Gasteiger charge is -2.32. The van der Waals surface area contributed by atoms with Crippen LogP contribution in [-0.4, -0.2) is 50.5 Å². The molecule has 0 atom stereocenters. The molecule has 1 fully saturated rings. The van der Waals surface area contributed by atoms with E-state index in [4.69, 9.17) is 4.42 Å². The van der Waals surface area contributed by atoms with Crippen molar-refractivity contribution in [2.24, 2.45) is 0 Å². The monoisotopic (exact) mass is 376 g/mol. The molecular formula is C18H20N2O5S. The van der Waals surface area contributed by atoms with Gasteiger partial charge in [0, 0.05) is 31.0 Å². The summed E-state index contributed by atoms with van der Waals surface area (Å²) in [6.07, 6.45) is 5.27. The summed E-state index contributed by atoms with van der Waals surface area (Å²) in [5, 5.41) is 2.92. The fourth-order valence-corrected chi connectivity index (χ4v) is 3.60. The van der Waals surface area contributed by atoms with Crippen LogP contribution in [0.5, 0.6) is 0 Å². The lowest BCUT2D eigenvalue weighted by molar-refractivity contribution is 0.0697. The Hall–Kier alpha value is -2.61. The highest BCUT2D eigenvalue weighted by atomic mass is 32.2. The molecule has 0 unspecified atom stereocenters. The molecule has 1 aromatic heterocycles. The van der Waals surface area contributed by atoms with E-state index in [-0.39, 0.29) is 22.8 Å². The van der Waals surface area contributed by atoms with Gasteiger partial charge in [0.2, 0.25) is 0 Å². The maximum absolute atomic E-state index is 12.4. The molecule has 0 bridgehead atoms. The molecule has 7 nitrogen and oxygen atoms in total. The Morgan fingerprint density at radius 1 is 1.15 bits per heavy atom. The van der Waals surface area contributed by atoms with Crippen LogP contribution in [0.25, 0.3) is 0 Å². The number of hydrogen-bond donors (Lipinski definition) is 1. The zero-order valence-corrected chi connectivity index (χ0v) is 15.2. The number of hydrogen-bond acceptors (Lipinski definition) is 5. The van der Waals surface area contributed by atoms with Crippen LogP contribution in [0.2, 0.25) is 0 Å². The van der Waals surface area contributed by atoms with Crippen LogP contribution >= 0.6 is 0 Å². The minimum absolute atomic E-state index is 0.0576. The molecule has 2 aromatic rings. The van der Waals surface area contributed by atoms with Crippen LogP contribution in [-0.2, 0) is 9.84 Å². The van der Waals surface area contributed by atoms with E-state index < -0.39 is 9.84 Å². The summed E-state index contributed by atoms with van der Waals surface area (Å²) in [6.45, 7) is 1.08. The van der Waals surface area contributed by atoms with Crippen molar-refractivity contribution < 1.29 is 22.4 Å². The molecule has 138 valence electrons. The van der Waals surface area contributed by atoms with Crippen molar-refractivity contribution in [1.29, 1.82) is 0 Å². The van der Waals surface area contributed by atoms with Crippen LogP contribution in [0.3, 0.4) is 0 Å². The van der Waals surface area contributed by atoms with Crippen LogP contribution in [0.4, 0.5) is 0 Å². The predicted octanol–water partition coefficient (Wildman–Crippen LogP) is 1.72. The molecule has 0 spiro atoms. The summed E-state index contributed by atoms with van der Waals surface area (Å²) in [6, 6.07) is 7.55. The van der Waals surface area contributed by atoms with Crippen LogP contribution in [0, 0.1) is 0 Å². The Kier molecular flexibility index (Phi) is 5.13. The molecular weight excluding hydrogens is 356 g/mol. The Morgan fingerprint density at radius 2 is 1.88 bits per heavy atom. The second-order valence-electron chi connectivity index (χ2n) is 6.35. The number of benzene rings is 1. The number of sulfone groups is 1. The number of likely N-dealkylation sites (tertiary alicyclic amines) is 1. The Morgan fingerprint density at radius 3 is 2.50 bits per heavy atom. The highest BCUT2D eigenvalue weighted by Crippen LogP contribution is 2.16. The zero-order chi connectivity index (χ0) is 18.7. The van der Waals surface area contributed by atoms with Crippen molar-refractivity contribution >= 4 is 21.7 Å². The summed E-state index contributed by atoms with van der Waals surface area (Å²) in [5.41, 5.74) is 0.829. The lowest BCUT2D eigenvalue weighted by Crippen LogP contribution is -2.46. The van der Waals surface area contributed by atoms with E-state index in [9.17, 15) is 18.0 Å².